The molecule has 3 amide bonds. The molecule has 1 N–H and O–H groups in total. The lowest BCUT2D eigenvalue weighted by atomic mass is 10.0. The van der Waals surface area contributed by atoms with E-state index < -0.39 is 35.8 Å². The summed E-state index contributed by atoms with van der Waals surface area (Å²) >= 11 is 6.40. The molecule has 0 aliphatic carbocycles. The Labute approximate surface area is 236 Å². The minimum atomic E-state index is -4.87. The Hall–Kier alpha value is -3.47. The molecule has 1 fully saturated rings. The van der Waals surface area contributed by atoms with Crippen molar-refractivity contribution in [3.05, 3.63) is 47.5 Å². The van der Waals surface area contributed by atoms with Gasteiger partial charge in [-0.3, -0.25) is 9.59 Å². The van der Waals surface area contributed by atoms with Crippen LogP contribution in [0, 0.1) is 0 Å². The second-order valence-electron chi connectivity index (χ2n) is 10.5. The van der Waals surface area contributed by atoms with Crippen LogP contribution in [0.25, 0.3) is 11.1 Å². The number of anilines is 1. The van der Waals surface area contributed by atoms with Crippen molar-refractivity contribution >= 4 is 35.2 Å². The molecule has 0 saturated carbocycles. The predicted octanol–water partition coefficient (Wildman–Crippen LogP) is 6.48. The summed E-state index contributed by atoms with van der Waals surface area (Å²) in [5.41, 5.74) is 0.106. The van der Waals surface area contributed by atoms with Crippen molar-refractivity contribution < 1.29 is 37.0 Å². The molecule has 40 heavy (non-hydrogen) atoms. The SMILES string of the molecule is CN(CCC(=O)N1CCCCC1C(=O)Nc1ccc(-c2ccccc2OC(F)(F)F)c(Cl)c1)C(=O)OC(C)(C)C. The third kappa shape index (κ3) is 8.77. The summed E-state index contributed by atoms with van der Waals surface area (Å²) in [5.74, 6) is -1.06. The molecule has 218 valence electrons. The molecule has 2 aromatic carbocycles. The van der Waals surface area contributed by atoms with E-state index in [2.05, 4.69) is 10.1 Å². The van der Waals surface area contributed by atoms with Gasteiger partial charge in [-0.05, 0) is 58.2 Å². The number of hydrogen-bond donors (Lipinski definition) is 1. The van der Waals surface area contributed by atoms with Crippen molar-refractivity contribution in [2.24, 2.45) is 0 Å². The number of carbonyl (C=O) groups is 3. The first-order chi connectivity index (χ1) is 18.6. The molecule has 1 saturated heterocycles. The van der Waals surface area contributed by atoms with E-state index in [0.717, 1.165) is 12.8 Å². The third-order valence-corrected chi connectivity index (χ3v) is 6.44. The van der Waals surface area contributed by atoms with Gasteiger partial charge in [0, 0.05) is 43.4 Å². The van der Waals surface area contributed by atoms with E-state index >= 15 is 0 Å². The van der Waals surface area contributed by atoms with E-state index in [4.69, 9.17) is 16.3 Å². The number of ether oxygens (including phenoxy) is 2. The first-order valence-corrected chi connectivity index (χ1v) is 13.2. The Balaban J connectivity index is 1.67. The number of carbonyl (C=O) groups excluding carboxylic acids is 3. The molecular formula is C28H33ClF3N3O5. The van der Waals surface area contributed by atoms with Crippen LogP contribution in [0.2, 0.25) is 5.02 Å². The Morgan fingerprint density at radius 2 is 1.77 bits per heavy atom. The van der Waals surface area contributed by atoms with Crippen molar-refractivity contribution in [1.29, 1.82) is 0 Å². The van der Waals surface area contributed by atoms with Crippen molar-refractivity contribution in [3.8, 4) is 16.9 Å². The minimum absolute atomic E-state index is 0.0272. The zero-order valence-electron chi connectivity index (χ0n) is 22.8. The molecule has 1 aliphatic rings. The monoisotopic (exact) mass is 583 g/mol. The van der Waals surface area contributed by atoms with Crippen LogP contribution in [0.5, 0.6) is 5.75 Å². The molecule has 12 heteroatoms. The van der Waals surface area contributed by atoms with Gasteiger partial charge in [-0.15, -0.1) is 13.2 Å². The largest absolute Gasteiger partial charge is 0.573 e. The lowest BCUT2D eigenvalue weighted by Crippen LogP contribution is -2.50. The molecule has 0 aromatic heterocycles. The second-order valence-corrected chi connectivity index (χ2v) is 10.9. The number of likely N-dealkylation sites (tertiary alicyclic amines) is 1. The first-order valence-electron chi connectivity index (χ1n) is 12.8. The third-order valence-electron chi connectivity index (χ3n) is 6.13. The lowest BCUT2D eigenvalue weighted by molar-refractivity contribution is -0.274. The average Bonchev–Trinajstić information content (AvgIpc) is 2.85. The minimum Gasteiger partial charge on any atom is -0.444 e. The molecule has 0 bridgehead atoms. The fraction of sp³-hybridized carbons (Fsp3) is 0.464. The topological polar surface area (TPSA) is 88.2 Å². The number of para-hydroxylation sites is 1. The van der Waals surface area contributed by atoms with E-state index in [1.54, 1.807) is 33.9 Å². The fourth-order valence-electron chi connectivity index (χ4n) is 4.28. The normalized spacial score (nSPS) is 15.8. The molecule has 0 radical (unpaired) electrons. The summed E-state index contributed by atoms with van der Waals surface area (Å²) in [4.78, 5) is 41.2. The number of benzene rings is 2. The number of nitrogens with zero attached hydrogens (tertiary/aromatic N) is 2. The summed E-state index contributed by atoms with van der Waals surface area (Å²) < 4.78 is 47.9. The van der Waals surface area contributed by atoms with Crippen molar-refractivity contribution in [2.45, 2.75) is 64.5 Å². The summed E-state index contributed by atoms with van der Waals surface area (Å²) in [7, 11) is 1.54. The van der Waals surface area contributed by atoms with Gasteiger partial charge < -0.3 is 24.6 Å². The molecular weight excluding hydrogens is 551 g/mol. The molecule has 2 aromatic rings. The van der Waals surface area contributed by atoms with E-state index in [9.17, 15) is 27.6 Å². The lowest BCUT2D eigenvalue weighted by Gasteiger charge is -2.35. The number of halogens is 4. The van der Waals surface area contributed by atoms with Gasteiger partial charge in [0.25, 0.3) is 0 Å². The van der Waals surface area contributed by atoms with Gasteiger partial charge in [0.05, 0.1) is 5.02 Å². The molecule has 1 heterocycles. The van der Waals surface area contributed by atoms with E-state index in [0.29, 0.717) is 24.2 Å². The second kappa shape index (κ2) is 12.8. The Morgan fingerprint density at radius 1 is 1.07 bits per heavy atom. The summed E-state index contributed by atoms with van der Waals surface area (Å²) in [5, 5.41) is 2.87. The number of amides is 3. The average molecular weight is 584 g/mol. The standard InChI is InChI=1S/C28H33ClF3N3O5/c1-27(2,3)40-26(38)34(4)16-14-24(36)35-15-8-7-10-22(35)25(37)33-18-12-13-19(21(29)17-18)20-9-5-6-11-23(20)39-28(30,31)32/h5-6,9,11-13,17,22H,7-8,10,14-16H2,1-4H3,(H,33,37). The maximum absolute atomic E-state index is 13.2. The van der Waals surface area contributed by atoms with Crippen molar-refractivity contribution in [2.75, 3.05) is 25.5 Å². The Morgan fingerprint density at radius 3 is 2.42 bits per heavy atom. The van der Waals surface area contributed by atoms with Gasteiger partial charge in [-0.2, -0.15) is 0 Å². The summed E-state index contributed by atoms with van der Waals surface area (Å²) in [6.45, 7) is 5.80. The van der Waals surface area contributed by atoms with Gasteiger partial charge in [-0.1, -0.05) is 35.9 Å². The van der Waals surface area contributed by atoms with Crippen LogP contribution in [0.1, 0.15) is 46.5 Å². The number of rotatable bonds is 7. The van der Waals surface area contributed by atoms with E-state index in [1.165, 1.54) is 46.2 Å². The van der Waals surface area contributed by atoms with Crippen LogP contribution in [0.4, 0.5) is 23.7 Å². The Kier molecular flexibility index (Phi) is 9.94. The van der Waals surface area contributed by atoms with Gasteiger partial charge >= 0.3 is 12.5 Å². The van der Waals surface area contributed by atoms with Crippen LogP contribution in [0.3, 0.4) is 0 Å². The Bertz CT molecular complexity index is 1230. The van der Waals surface area contributed by atoms with Crippen LogP contribution in [0.15, 0.2) is 42.5 Å². The molecule has 8 nitrogen and oxygen atoms in total. The van der Waals surface area contributed by atoms with Crippen LogP contribution >= 0.6 is 11.6 Å². The van der Waals surface area contributed by atoms with Gasteiger partial charge in [0.15, 0.2) is 0 Å². The van der Waals surface area contributed by atoms with E-state index in [1.807, 2.05) is 0 Å². The highest BCUT2D eigenvalue weighted by molar-refractivity contribution is 6.33. The van der Waals surface area contributed by atoms with Crippen molar-refractivity contribution in [1.82, 2.24) is 9.80 Å². The number of alkyl halides is 3. The molecule has 1 unspecified atom stereocenters. The smallest absolute Gasteiger partial charge is 0.444 e. The van der Waals surface area contributed by atoms with Crippen LogP contribution in [-0.2, 0) is 14.3 Å². The quantitative estimate of drug-likeness (QED) is 0.403. The highest BCUT2D eigenvalue weighted by Gasteiger charge is 2.34. The molecule has 1 aliphatic heterocycles. The maximum atomic E-state index is 13.2. The highest BCUT2D eigenvalue weighted by atomic mass is 35.5. The van der Waals surface area contributed by atoms with Crippen molar-refractivity contribution in [3.63, 3.8) is 0 Å². The highest BCUT2D eigenvalue weighted by Crippen LogP contribution is 2.38. The number of hydrogen-bond acceptors (Lipinski definition) is 5. The van der Waals surface area contributed by atoms with Gasteiger partial charge in [-0.25, -0.2) is 4.79 Å². The maximum Gasteiger partial charge on any atom is 0.573 e. The van der Waals surface area contributed by atoms with Gasteiger partial charge in [0.2, 0.25) is 11.8 Å². The van der Waals surface area contributed by atoms with Crippen LogP contribution in [-0.4, -0.2) is 65.8 Å². The fourth-order valence-corrected chi connectivity index (χ4v) is 4.56. The van der Waals surface area contributed by atoms with Gasteiger partial charge in [0.1, 0.15) is 17.4 Å². The first kappa shape index (κ1) is 31.1. The van der Waals surface area contributed by atoms with Crippen LogP contribution < -0.4 is 10.1 Å². The molecule has 0 spiro atoms. The summed E-state index contributed by atoms with van der Waals surface area (Å²) in [6.07, 6.45) is -3.41. The van der Waals surface area contributed by atoms with E-state index in [-0.39, 0.29) is 29.5 Å². The summed E-state index contributed by atoms with van der Waals surface area (Å²) in [6, 6.07) is 9.35. The molecule has 3 rings (SSSR count). The zero-order chi connectivity index (χ0) is 29.7. The predicted molar refractivity (Wildman–Crippen MR) is 145 cm³/mol. The molecule has 1 atom stereocenters. The zero-order valence-corrected chi connectivity index (χ0v) is 23.6. The number of nitrogens with one attached hydrogen (secondary N) is 1. The number of piperidine rings is 1.